The number of anilines is 1. The lowest BCUT2D eigenvalue weighted by Gasteiger charge is -2.39. The van der Waals surface area contributed by atoms with Gasteiger partial charge in [-0.3, -0.25) is 9.59 Å². The van der Waals surface area contributed by atoms with Crippen molar-refractivity contribution in [2.45, 2.75) is 40.0 Å². The predicted octanol–water partition coefficient (Wildman–Crippen LogP) is 4.21. The minimum absolute atomic E-state index is 0.0507. The van der Waals surface area contributed by atoms with Gasteiger partial charge in [0.2, 0.25) is 11.8 Å². The van der Waals surface area contributed by atoms with Crippen LogP contribution in [0.1, 0.15) is 40.0 Å². The summed E-state index contributed by atoms with van der Waals surface area (Å²) in [6.45, 7) is 8.78. The minimum atomic E-state index is -0.398. The summed E-state index contributed by atoms with van der Waals surface area (Å²) in [7, 11) is 0. The van der Waals surface area contributed by atoms with Gasteiger partial charge in [0, 0.05) is 53.7 Å². The van der Waals surface area contributed by atoms with Crippen molar-refractivity contribution in [1.82, 2.24) is 4.90 Å². The first-order valence-electron chi connectivity index (χ1n) is 10.0. The summed E-state index contributed by atoms with van der Waals surface area (Å²) >= 11 is 12.2. The molecule has 2 N–H and O–H groups in total. The zero-order valence-corrected chi connectivity index (χ0v) is 18.5. The lowest BCUT2D eigenvalue weighted by Crippen LogP contribution is -2.52. The fourth-order valence-corrected chi connectivity index (χ4v) is 4.45. The Morgan fingerprint density at radius 3 is 2.07 bits per heavy atom. The van der Waals surface area contributed by atoms with Crippen LogP contribution in [0.5, 0.6) is 0 Å². The van der Waals surface area contributed by atoms with Crippen LogP contribution in [0.2, 0.25) is 10.0 Å². The number of benzene rings is 1. The van der Waals surface area contributed by atoms with Crippen LogP contribution < -0.4 is 10.6 Å². The number of halogens is 2. The van der Waals surface area contributed by atoms with Crippen molar-refractivity contribution < 1.29 is 9.59 Å². The van der Waals surface area contributed by atoms with Crippen LogP contribution in [0.15, 0.2) is 18.2 Å². The van der Waals surface area contributed by atoms with Crippen molar-refractivity contribution in [3.05, 3.63) is 28.2 Å². The summed E-state index contributed by atoms with van der Waals surface area (Å²) in [5.74, 6) is -0.736. The molecule has 1 fully saturated rings. The molecule has 2 amide bonds. The predicted molar refractivity (Wildman–Crippen MR) is 116 cm³/mol. The number of nitrogens with zero attached hydrogens (tertiary/aromatic N) is 2. The largest absolute Gasteiger partial charge is 0.369 e. The SMILES string of the molecule is CCCC(C(N)=O)C(CC(C)C)C(=O)N1CCN(c2cc(Cl)cc(Cl)c2)CC1. The quantitative estimate of drug-likeness (QED) is 0.675. The van der Waals surface area contributed by atoms with E-state index >= 15 is 0 Å². The van der Waals surface area contributed by atoms with Gasteiger partial charge in [-0.05, 0) is 37.0 Å². The van der Waals surface area contributed by atoms with E-state index < -0.39 is 5.92 Å². The van der Waals surface area contributed by atoms with Gasteiger partial charge < -0.3 is 15.5 Å². The van der Waals surface area contributed by atoms with E-state index in [9.17, 15) is 9.59 Å². The Morgan fingerprint density at radius 1 is 1.04 bits per heavy atom. The van der Waals surface area contributed by atoms with E-state index in [4.69, 9.17) is 28.9 Å². The number of hydrogen-bond donors (Lipinski definition) is 1. The van der Waals surface area contributed by atoms with E-state index in [1.807, 2.05) is 24.0 Å². The monoisotopic (exact) mass is 427 g/mol. The van der Waals surface area contributed by atoms with E-state index in [-0.39, 0.29) is 17.7 Å². The summed E-state index contributed by atoms with van der Waals surface area (Å²) in [5.41, 5.74) is 6.61. The molecule has 0 spiro atoms. The Morgan fingerprint density at radius 2 is 1.61 bits per heavy atom. The molecular formula is C21H31Cl2N3O2. The highest BCUT2D eigenvalue weighted by Crippen LogP contribution is 2.29. The molecule has 2 rings (SSSR count). The average molecular weight is 428 g/mol. The minimum Gasteiger partial charge on any atom is -0.369 e. The maximum absolute atomic E-state index is 13.3. The van der Waals surface area contributed by atoms with Gasteiger partial charge in [0.25, 0.3) is 0 Å². The summed E-state index contributed by atoms with van der Waals surface area (Å²) < 4.78 is 0. The van der Waals surface area contributed by atoms with Crippen molar-refractivity contribution in [2.75, 3.05) is 31.1 Å². The van der Waals surface area contributed by atoms with Gasteiger partial charge in [-0.1, -0.05) is 50.4 Å². The van der Waals surface area contributed by atoms with Gasteiger partial charge in [-0.15, -0.1) is 0 Å². The third-order valence-electron chi connectivity index (χ3n) is 5.30. The topological polar surface area (TPSA) is 66.6 Å². The fourth-order valence-electron chi connectivity index (χ4n) is 3.94. The highest BCUT2D eigenvalue weighted by Gasteiger charge is 2.36. The molecule has 28 heavy (non-hydrogen) atoms. The molecule has 2 atom stereocenters. The lowest BCUT2D eigenvalue weighted by molar-refractivity contribution is -0.142. The number of primary amides is 1. The van der Waals surface area contributed by atoms with Gasteiger partial charge in [-0.2, -0.15) is 0 Å². The van der Waals surface area contributed by atoms with E-state index in [1.165, 1.54) is 0 Å². The Labute approximate surface area is 178 Å². The zero-order chi connectivity index (χ0) is 20.8. The maximum Gasteiger partial charge on any atom is 0.226 e. The molecule has 1 aromatic carbocycles. The third kappa shape index (κ3) is 6.02. The van der Waals surface area contributed by atoms with Crippen LogP contribution in [0, 0.1) is 17.8 Å². The fraction of sp³-hybridized carbons (Fsp3) is 0.619. The first-order chi connectivity index (χ1) is 13.2. The Hall–Kier alpha value is -1.46. The molecule has 2 unspecified atom stereocenters. The van der Waals surface area contributed by atoms with Gasteiger partial charge in [-0.25, -0.2) is 0 Å². The summed E-state index contributed by atoms with van der Waals surface area (Å²) in [4.78, 5) is 29.3. The molecule has 0 aromatic heterocycles. The Balaban J connectivity index is 2.09. The number of nitrogens with two attached hydrogens (primary N) is 1. The van der Waals surface area contributed by atoms with E-state index in [0.29, 0.717) is 55.0 Å². The summed E-state index contributed by atoms with van der Waals surface area (Å²) in [6.07, 6.45) is 2.16. The van der Waals surface area contributed by atoms with Crippen LogP contribution in [-0.4, -0.2) is 42.9 Å². The van der Waals surface area contributed by atoms with Gasteiger partial charge in [0.1, 0.15) is 0 Å². The van der Waals surface area contributed by atoms with Crippen LogP contribution in [0.3, 0.4) is 0 Å². The number of carbonyl (C=O) groups is 2. The van der Waals surface area contributed by atoms with E-state index in [1.54, 1.807) is 6.07 Å². The standard InChI is InChI=1S/C21H31Cl2N3O2/c1-4-5-18(20(24)27)19(10-14(2)3)21(28)26-8-6-25(7-9-26)17-12-15(22)11-16(23)13-17/h11-14,18-19H,4-10H2,1-3H3,(H2,24,27). The van der Waals surface area contributed by atoms with Crippen LogP contribution in [0.4, 0.5) is 5.69 Å². The lowest BCUT2D eigenvalue weighted by atomic mass is 9.81. The van der Waals surface area contributed by atoms with Crippen molar-refractivity contribution in [3.63, 3.8) is 0 Å². The van der Waals surface area contributed by atoms with Gasteiger partial charge in [0.05, 0.1) is 0 Å². The molecule has 1 heterocycles. The Bertz CT molecular complexity index is 668. The molecule has 156 valence electrons. The summed E-state index contributed by atoms with van der Waals surface area (Å²) in [6, 6.07) is 5.48. The number of rotatable bonds is 8. The molecule has 1 aliphatic rings. The number of carbonyl (C=O) groups excluding carboxylic acids is 2. The van der Waals surface area contributed by atoms with Crippen molar-refractivity contribution in [1.29, 1.82) is 0 Å². The van der Waals surface area contributed by atoms with Gasteiger partial charge >= 0.3 is 0 Å². The first-order valence-corrected chi connectivity index (χ1v) is 10.8. The number of hydrogen-bond acceptors (Lipinski definition) is 3. The number of piperazine rings is 1. The molecule has 0 aliphatic carbocycles. The maximum atomic E-state index is 13.3. The molecule has 1 saturated heterocycles. The van der Waals surface area contributed by atoms with Crippen LogP contribution >= 0.6 is 23.2 Å². The third-order valence-corrected chi connectivity index (χ3v) is 5.73. The van der Waals surface area contributed by atoms with Crippen LogP contribution in [0.25, 0.3) is 0 Å². The molecule has 1 aromatic rings. The second-order valence-corrected chi connectivity index (χ2v) is 8.85. The number of amides is 2. The highest BCUT2D eigenvalue weighted by atomic mass is 35.5. The Kier molecular flexibility index (Phi) is 8.44. The molecular weight excluding hydrogens is 397 g/mol. The first kappa shape index (κ1) is 22.8. The molecule has 7 heteroatoms. The highest BCUT2D eigenvalue weighted by molar-refractivity contribution is 6.35. The molecule has 0 bridgehead atoms. The molecule has 0 saturated carbocycles. The zero-order valence-electron chi connectivity index (χ0n) is 17.0. The molecule has 5 nitrogen and oxygen atoms in total. The summed E-state index contributed by atoms with van der Waals surface area (Å²) in [5, 5.41) is 1.20. The normalized spacial score (nSPS) is 16.9. The van der Waals surface area contributed by atoms with E-state index in [2.05, 4.69) is 18.7 Å². The van der Waals surface area contributed by atoms with Crippen molar-refractivity contribution in [3.8, 4) is 0 Å². The molecule has 1 aliphatic heterocycles. The van der Waals surface area contributed by atoms with E-state index in [0.717, 1.165) is 12.1 Å². The second kappa shape index (κ2) is 10.4. The van der Waals surface area contributed by atoms with Gasteiger partial charge in [0.15, 0.2) is 0 Å². The van der Waals surface area contributed by atoms with Crippen molar-refractivity contribution >= 4 is 40.7 Å². The second-order valence-electron chi connectivity index (χ2n) is 7.97. The molecule has 0 radical (unpaired) electrons. The smallest absolute Gasteiger partial charge is 0.226 e. The van der Waals surface area contributed by atoms with Crippen LogP contribution in [-0.2, 0) is 9.59 Å². The van der Waals surface area contributed by atoms with Crippen molar-refractivity contribution in [2.24, 2.45) is 23.5 Å². The average Bonchev–Trinajstić information content (AvgIpc) is 2.63.